The van der Waals surface area contributed by atoms with E-state index in [-0.39, 0.29) is 10.5 Å². The quantitative estimate of drug-likeness (QED) is 0.819. The van der Waals surface area contributed by atoms with E-state index in [4.69, 9.17) is 18.0 Å². The minimum absolute atomic E-state index is 0.144. The Kier molecular flexibility index (Phi) is 3.47. The van der Waals surface area contributed by atoms with Crippen molar-refractivity contribution in [3.8, 4) is 0 Å². The number of rotatable bonds is 3. The zero-order valence-electron chi connectivity index (χ0n) is 9.83. The Labute approximate surface area is 109 Å². The van der Waals surface area contributed by atoms with Gasteiger partial charge in [-0.3, -0.25) is 9.78 Å². The van der Waals surface area contributed by atoms with Crippen LogP contribution in [0, 0.1) is 6.92 Å². The van der Waals surface area contributed by atoms with Gasteiger partial charge in [-0.25, -0.2) is 4.68 Å². The summed E-state index contributed by atoms with van der Waals surface area (Å²) in [6, 6.07) is 6.75. The predicted molar refractivity (Wildman–Crippen MR) is 72.5 cm³/mol. The molecule has 92 valence electrons. The highest BCUT2D eigenvalue weighted by Gasteiger charge is 2.03. The van der Waals surface area contributed by atoms with Crippen molar-refractivity contribution in [2.24, 2.45) is 5.73 Å². The van der Waals surface area contributed by atoms with Gasteiger partial charge in [0, 0.05) is 12.3 Å². The molecule has 2 heterocycles. The molecule has 0 spiro atoms. The number of pyridine rings is 1. The number of aryl methyl sites for hydroxylation is 1. The van der Waals surface area contributed by atoms with Gasteiger partial charge < -0.3 is 5.73 Å². The summed E-state index contributed by atoms with van der Waals surface area (Å²) in [5.41, 5.74) is 7.59. The third-order valence-electron chi connectivity index (χ3n) is 2.41. The first-order valence-electron chi connectivity index (χ1n) is 5.36. The fraction of sp³-hybridized carbons (Fsp3) is 0.167. The summed E-state index contributed by atoms with van der Waals surface area (Å²) in [6.45, 7) is 2.21. The first-order chi connectivity index (χ1) is 8.56. The average Bonchev–Trinajstić information content (AvgIpc) is 2.34. The van der Waals surface area contributed by atoms with Crippen molar-refractivity contribution in [2.45, 2.75) is 13.5 Å². The molecule has 0 saturated carbocycles. The maximum Gasteiger partial charge on any atom is 0.267 e. The van der Waals surface area contributed by atoms with Crippen molar-refractivity contribution < 1.29 is 0 Å². The van der Waals surface area contributed by atoms with Gasteiger partial charge >= 0.3 is 0 Å². The molecule has 2 N–H and O–H groups in total. The van der Waals surface area contributed by atoms with Crippen LogP contribution >= 0.6 is 12.2 Å². The van der Waals surface area contributed by atoms with E-state index in [2.05, 4.69) is 10.1 Å². The van der Waals surface area contributed by atoms with Crippen LogP contribution in [0.15, 0.2) is 35.3 Å². The largest absolute Gasteiger partial charge is 0.388 e. The second-order valence-corrected chi connectivity index (χ2v) is 4.32. The molecule has 0 aliphatic rings. The van der Waals surface area contributed by atoms with Crippen LogP contribution in [0.5, 0.6) is 0 Å². The molecule has 2 aromatic rings. The predicted octanol–water partition coefficient (Wildman–Crippen LogP) is 0.629. The van der Waals surface area contributed by atoms with E-state index in [0.717, 1.165) is 11.3 Å². The number of thiocarbonyl (C=S) groups is 1. The first-order valence-corrected chi connectivity index (χ1v) is 5.76. The Balaban J connectivity index is 2.34. The lowest BCUT2D eigenvalue weighted by Gasteiger charge is -2.06. The molecule has 2 rings (SSSR count). The monoisotopic (exact) mass is 260 g/mol. The molecule has 0 amide bonds. The average molecular weight is 260 g/mol. The summed E-state index contributed by atoms with van der Waals surface area (Å²) in [5.74, 6) is 0. The lowest BCUT2D eigenvalue weighted by atomic mass is 10.2. The van der Waals surface area contributed by atoms with Crippen molar-refractivity contribution in [3.63, 3.8) is 0 Å². The van der Waals surface area contributed by atoms with Crippen LogP contribution < -0.4 is 11.3 Å². The molecule has 0 aliphatic heterocycles. The normalized spacial score (nSPS) is 10.3. The van der Waals surface area contributed by atoms with E-state index in [1.807, 2.05) is 6.92 Å². The number of nitrogens with two attached hydrogens (primary N) is 1. The summed E-state index contributed by atoms with van der Waals surface area (Å²) >= 11 is 4.86. The van der Waals surface area contributed by atoms with Gasteiger partial charge in [0.15, 0.2) is 0 Å². The zero-order chi connectivity index (χ0) is 13.1. The molecular weight excluding hydrogens is 248 g/mol. The Morgan fingerprint density at radius 1 is 1.44 bits per heavy atom. The molecule has 0 atom stereocenters. The standard InChI is InChI=1S/C12H12N4OS/c1-8-2-3-11(17)16(15-8)7-9-4-5-14-10(6-9)12(13)18/h2-6H,7H2,1H3,(H2,13,18). The minimum Gasteiger partial charge on any atom is -0.388 e. The molecule has 6 heteroatoms. The Bertz CT molecular complexity index is 651. The molecule has 0 aromatic carbocycles. The number of nitrogens with zero attached hydrogens (tertiary/aromatic N) is 3. The van der Waals surface area contributed by atoms with E-state index >= 15 is 0 Å². The Morgan fingerprint density at radius 3 is 2.94 bits per heavy atom. The second-order valence-electron chi connectivity index (χ2n) is 3.88. The number of hydrogen-bond acceptors (Lipinski definition) is 4. The molecule has 2 aromatic heterocycles. The molecule has 0 saturated heterocycles. The summed E-state index contributed by atoms with van der Waals surface area (Å²) in [4.78, 5) is 15.9. The van der Waals surface area contributed by atoms with Gasteiger partial charge in [0.05, 0.1) is 17.9 Å². The van der Waals surface area contributed by atoms with E-state index in [1.54, 1.807) is 24.4 Å². The number of hydrogen-bond donors (Lipinski definition) is 1. The van der Waals surface area contributed by atoms with Gasteiger partial charge in [-0.1, -0.05) is 12.2 Å². The molecule has 18 heavy (non-hydrogen) atoms. The fourth-order valence-electron chi connectivity index (χ4n) is 1.54. The van der Waals surface area contributed by atoms with E-state index in [0.29, 0.717) is 12.2 Å². The lowest BCUT2D eigenvalue weighted by molar-refractivity contribution is 0.628. The van der Waals surface area contributed by atoms with E-state index < -0.39 is 0 Å². The third-order valence-corrected chi connectivity index (χ3v) is 2.62. The fourth-order valence-corrected chi connectivity index (χ4v) is 1.66. The van der Waals surface area contributed by atoms with Crippen molar-refractivity contribution >= 4 is 17.2 Å². The van der Waals surface area contributed by atoms with Gasteiger partial charge in [0.2, 0.25) is 0 Å². The third kappa shape index (κ3) is 2.78. The number of aromatic nitrogens is 3. The van der Waals surface area contributed by atoms with Crippen LogP contribution in [0.25, 0.3) is 0 Å². The van der Waals surface area contributed by atoms with Crippen LogP contribution in [0.1, 0.15) is 17.0 Å². The summed E-state index contributed by atoms with van der Waals surface area (Å²) in [6.07, 6.45) is 1.62. The smallest absolute Gasteiger partial charge is 0.267 e. The van der Waals surface area contributed by atoms with Crippen molar-refractivity contribution in [1.82, 2.24) is 14.8 Å². The van der Waals surface area contributed by atoms with Crippen LogP contribution in [-0.4, -0.2) is 19.8 Å². The van der Waals surface area contributed by atoms with Crippen molar-refractivity contribution in [2.75, 3.05) is 0 Å². The summed E-state index contributed by atoms with van der Waals surface area (Å²) in [5, 5.41) is 4.16. The second kappa shape index (κ2) is 5.05. The van der Waals surface area contributed by atoms with Crippen LogP contribution in [0.4, 0.5) is 0 Å². The highest BCUT2D eigenvalue weighted by atomic mass is 32.1. The van der Waals surface area contributed by atoms with Gasteiger partial charge in [-0.2, -0.15) is 5.10 Å². The first kappa shape index (κ1) is 12.4. The van der Waals surface area contributed by atoms with Crippen LogP contribution in [0.2, 0.25) is 0 Å². The van der Waals surface area contributed by atoms with Gasteiger partial charge in [-0.05, 0) is 30.7 Å². The molecule has 0 fully saturated rings. The van der Waals surface area contributed by atoms with E-state index in [9.17, 15) is 4.79 Å². The molecule has 5 nitrogen and oxygen atoms in total. The van der Waals surface area contributed by atoms with Crippen LogP contribution in [-0.2, 0) is 6.54 Å². The van der Waals surface area contributed by atoms with Gasteiger partial charge in [0.25, 0.3) is 5.56 Å². The maximum absolute atomic E-state index is 11.6. The summed E-state index contributed by atoms with van der Waals surface area (Å²) in [7, 11) is 0. The molecule has 0 bridgehead atoms. The highest BCUT2D eigenvalue weighted by molar-refractivity contribution is 7.80. The van der Waals surface area contributed by atoms with Gasteiger partial charge in [0.1, 0.15) is 4.99 Å². The molecule has 0 radical (unpaired) electrons. The van der Waals surface area contributed by atoms with E-state index in [1.165, 1.54) is 10.7 Å². The SMILES string of the molecule is Cc1ccc(=O)n(Cc2ccnc(C(N)=S)c2)n1. The minimum atomic E-state index is -0.144. The molecule has 0 aliphatic carbocycles. The molecular formula is C12H12N4OS. The van der Waals surface area contributed by atoms with Crippen molar-refractivity contribution in [1.29, 1.82) is 0 Å². The topological polar surface area (TPSA) is 73.8 Å². The van der Waals surface area contributed by atoms with Gasteiger partial charge in [-0.15, -0.1) is 0 Å². The van der Waals surface area contributed by atoms with Crippen LogP contribution in [0.3, 0.4) is 0 Å². The zero-order valence-corrected chi connectivity index (χ0v) is 10.6. The lowest BCUT2D eigenvalue weighted by Crippen LogP contribution is -2.23. The molecule has 0 unspecified atom stereocenters. The highest BCUT2D eigenvalue weighted by Crippen LogP contribution is 2.03. The van der Waals surface area contributed by atoms with Crippen molar-refractivity contribution in [3.05, 3.63) is 57.8 Å². The maximum atomic E-state index is 11.6. The summed E-state index contributed by atoms with van der Waals surface area (Å²) < 4.78 is 1.40. The Hall–Kier alpha value is -2.08. The Morgan fingerprint density at radius 2 is 2.22 bits per heavy atom.